The molecular formula is C12H22N2O3. The van der Waals surface area contributed by atoms with E-state index in [1.807, 2.05) is 11.9 Å². The van der Waals surface area contributed by atoms with Crippen LogP contribution in [-0.4, -0.2) is 59.0 Å². The monoisotopic (exact) mass is 242 g/mol. The van der Waals surface area contributed by atoms with Gasteiger partial charge in [-0.25, -0.2) is 0 Å². The van der Waals surface area contributed by atoms with Gasteiger partial charge in [-0.1, -0.05) is 0 Å². The third-order valence-electron chi connectivity index (χ3n) is 3.77. The van der Waals surface area contributed by atoms with Gasteiger partial charge in [0.05, 0.1) is 6.04 Å². The summed E-state index contributed by atoms with van der Waals surface area (Å²) in [4.78, 5) is 26.5. The molecule has 1 aliphatic rings. The second-order valence-corrected chi connectivity index (χ2v) is 5.38. The van der Waals surface area contributed by atoms with E-state index in [9.17, 15) is 9.59 Å². The number of carbonyl (C=O) groups excluding carboxylic acids is 1. The van der Waals surface area contributed by atoms with Crippen LogP contribution in [0.4, 0.5) is 0 Å². The number of hydrogen-bond donors (Lipinski definition) is 1. The fourth-order valence-corrected chi connectivity index (χ4v) is 2.15. The van der Waals surface area contributed by atoms with Crippen LogP contribution < -0.4 is 0 Å². The van der Waals surface area contributed by atoms with Crippen molar-refractivity contribution in [1.29, 1.82) is 0 Å². The van der Waals surface area contributed by atoms with Crippen LogP contribution in [0.3, 0.4) is 0 Å². The van der Waals surface area contributed by atoms with Crippen LogP contribution in [0.25, 0.3) is 0 Å². The zero-order chi connectivity index (χ0) is 13.2. The Morgan fingerprint density at radius 3 is 2.59 bits per heavy atom. The minimum atomic E-state index is -0.851. The fraction of sp³-hybridized carbons (Fsp3) is 0.833. The predicted octanol–water partition coefficient (Wildman–Crippen LogP) is 0.792. The molecule has 0 aliphatic carbocycles. The number of carbonyl (C=O) groups is 2. The van der Waals surface area contributed by atoms with E-state index in [-0.39, 0.29) is 23.9 Å². The molecule has 98 valence electrons. The molecule has 1 N–H and O–H groups in total. The molecule has 0 saturated carbocycles. The highest BCUT2D eigenvalue weighted by atomic mass is 16.4. The topological polar surface area (TPSA) is 60.9 Å². The van der Waals surface area contributed by atoms with Crippen LogP contribution in [0.1, 0.15) is 33.1 Å². The van der Waals surface area contributed by atoms with Crippen molar-refractivity contribution in [3.63, 3.8) is 0 Å². The first-order valence-electron chi connectivity index (χ1n) is 5.95. The largest absolute Gasteiger partial charge is 0.481 e. The Kier molecular flexibility index (Phi) is 4.14. The highest BCUT2D eigenvalue weighted by Gasteiger charge is 2.38. The molecule has 0 aromatic rings. The van der Waals surface area contributed by atoms with E-state index in [1.54, 1.807) is 11.9 Å². The van der Waals surface area contributed by atoms with Crippen molar-refractivity contribution in [3.8, 4) is 0 Å². The van der Waals surface area contributed by atoms with Gasteiger partial charge in [0.2, 0.25) is 5.91 Å². The maximum Gasteiger partial charge on any atom is 0.303 e. The number of aliphatic carboxylic acids is 1. The molecule has 1 atom stereocenters. The minimum absolute atomic E-state index is 0.0272. The van der Waals surface area contributed by atoms with E-state index >= 15 is 0 Å². The zero-order valence-electron chi connectivity index (χ0n) is 11.1. The van der Waals surface area contributed by atoms with Gasteiger partial charge in [0.25, 0.3) is 0 Å². The lowest BCUT2D eigenvalue weighted by Crippen LogP contribution is -2.50. The molecule has 5 nitrogen and oxygen atoms in total. The highest BCUT2D eigenvalue weighted by molar-refractivity contribution is 5.82. The van der Waals surface area contributed by atoms with E-state index in [1.165, 1.54) is 0 Å². The molecule has 0 bridgehead atoms. The first-order chi connectivity index (χ1) is 7.75. The van der Waals surface area contributed by atoms with Crippen molar-refractivity contribution in [2.24, 2.45) is 0 Å². The molecule has 0 aromatic heterocycles. The van der Waals surface area contributed by atoms with Crippen molar-refractivity contribution in [3.05, 3.63) is 0 Å². The van der Waals surface area contributed by atoms with Crippen molar-refractivity contribution in [1.82, 2.24) is 9.80 Å². The van der Waals surface area contributed by atoms with Crippen molar-refractivity contribution < 1.29 is 14.7 Å². The fourth-order valence-electron chi connectivity index (χ4n) is 2.15. The Bertz CT molecular complexity index is 315. The van der Waals surface area contributed by atoms with Gasteiger partial charge in [0.1, 0.15) is 0 Å². The van der Waals surface area contributed by atoms with E-state index in [0.29, 0.717) is 6.42 Å². The third-order valence-corrected chi connectivity index (χ3v) is 3.77. The third kappa shape index (κ3) is 3.19. The number of amides is 1. The number of carboxylic acid groups (broad SMARTS) is 1. The number of hydrogen-bond acceptors (Lipinski definition) is 3. The van der Waals surface area contributed by atoms with Gasteiger partial charge in [0, 0.05) is 25.6 Å². The molecule has 1 heterocycles. The van der Waals surface area contributed by atoms with Gasteiger partial charge < -0.3 is 10.0 Å². The molecule has 5 heteroatoms. The van der Waals surface area contributed by atoms with Crippen molar-refractivity contribution >= 4 is 11.9 Å². The van der Waals surface area contributed by atoms with Gasteiger partial charge in [-0.2, -0.15) is 0 Å². The van der Waals surface area contributed by atoms with Crippen LogP contribution in [0.5, 0.6) is 0 Å². The lowest BCUT2D eigenvalue weighted by atomic mass is 9.96. The molecular weight excluding hydrogens is 220 g/mol. The molecule has 0 spiro atoms. The smallest absolute Gasteiger partial charge is 0.303 e. The first kappa shape index (κ1) is 14.0. The molecule has 1 rings (SSSR count). The summed E-state index contributed by atoms with van der Waals surface area (Å²) in [6.45, 7) is 4.90. The van der Waals surface area contributed by atoms with Crippen LogP contribution in [-0.2, 0) is 9.59 Å². The van der Waals surface area contributed by atoms with Gasteiger partial charge in [-0.05, 0) is 33.7 Å². The summed E-state index contributed by atoms with van der Waals surface area (Å²) >= 11 is 0. The summed E-state index contributed by atoms with van der Waals surface area (Å²) in [6, 6.07) is -0.325. The lowest BCUT2D eigenvalue weighted by Gasteiger charge is -2.37. The Morgan fingerprint density at radius 1 is 1.47 bits per heavy atom. The van der Waals surface area contributed by atoms with Crippen molar-refractivity contribution in [2.45, 2.75) is 44.7 Å². The summed E-state index contributed by atoms with van der Waals surface area (Å²) in [5.41, 5.74) is -0.0798. The standard InChI is InChI=1S/C12H22N2O3/c1-12(2)7-8-13(3)11(17)9(14(12)4)5-6-10(15)16/h9H,5-8H2,1-4H3,(H,15,16). The molecule has 1 saturated heterocycles. The summed E-state index contributed by atoms with van der Waals surface area (Å²) in [6.07, 6.45) is 1.30. The molecule has 17 heavy (non-hydrogen) atoms. The number of carboxylic acids is 1. The highest BCUT2D eigenvalue weighted by Crippen LogP contribution is 2.26. The summed E-state index contributed by atoms with van der Waals surface area (Å²) in [7, 11) is 3.69. The van der Waals surface area contributed by atoms with Gasteiger partial charge in [0.15, 0.2) is 0 Å². The summed E-state index contributed by atoms with van der Waals surface area (Å²) in [5, 5.41) is 8.74. The molecule has 1 aliphatic heterocycles. The Morgan fingerprint density at radius 2 is 2.06 bits per heavy atom. The molecule has 1 amide bonds. The SMILES string of the molecule is CN1CCC(C)(C)N(C)C(CCC(=O)O)C1=O. The van der Waals surface area contributed by atoms with E-state index in [0.717, 1.165) is 13.0 Å². The van der Waals surface area contributed by atoms with E-state index in [2.05, 4.69) is 13.8 Å². The number of nitrogens with zero attached hydrogens (tertiary/aromatic N) is 2. The molecule has 1 fully saturated rings. The van der Waals surface area contributed by atoms with E-state index in [4.69, 9.17) is 5.11 Å². The minimum Gasteiger partial charge on any atom is -0.481 e. The van der Waals surface area contributed by atoms with Gasteiger partial charge in [-0.15, -0.1) is 0 Å². The maximum atomic E-state index is 12.1. The lowest BCUT2D eigenvalue weighted by molar-refractivity contribution is -0.139. The molecule has 0 aromatic carbocycles. The second-order valence-electron chi connectivity index (χ2n) is 5.38. The Balaban J connectivity index is 2.86. The average Bonchev–Trinajstić information content (AvgIpc) is 2.30. The first-order valence-corrected chi connectivity index (χ1v) is 5.95. The molecule has 1 unspecified atom stereocenters. The predicted molar refractivity (Wildman–Crippen MR) is 64.8 cm³/mol. The van der Waals surface area contributed by atoms with Crippen LogP contribution in [0.2, 0.25) is 0 Å². The quantitative estimate of drug-likeness (QED) is 0.795. The second kappa shape index (κ2) is 5.04. The average molecular weight is 242 g/mol. The maximum absolute atomic E-state index is 12.1. The van der Waals surface area contributed by atoms with Gasteiger partial charge in [-0.3, -0.25) is 14.5 Å². The number of rotatable bonds is 3. The van der Waals surface area contributed by atoms with Crippen LogP contribution in [0, 0.1) is 0 Å². The summed E-state index contributed by atoms with van der Waals surface area (Å²) < 4.78 is 0. The van der Waals surface area contributed by atoms with Crippen LogP contribution in [0.15, 0.2) is 0 Å². The van der Waals surface area contributed by atoms with Gasteiger partial charge >= 0.3 is 5.97 Å². The number of likely N-dealkylation sites (N-methyl/N-ethyl adjacent to an activating group) is 2. The zero-order valence-corrected chi connectivity index (χ0v) is 11.1. The summed E-state index contributed by atoms with van der Waals surface area (Å²) in [5.74, 6) is -0.824. The van der Waals surface area contributed by atoms with Crippen LogP contribution >= 0.6 is 0 Å². The molecule has 0 radical (unpaired) electrons. The Hall–Kier alpha value is -1.10. The van der Waals surface area contributed by atoms with Crippen molar-refractivity contribution in [2.75, 3.05) is 20.6 Å². The normalized spacial score (nSPS) is 25.8. The Labute approximate surface area is 102 Å². The van der Waals surface area contributed by atoms with E-state index < -0.39 is 5.97 Å².